The van der Waals surface area contributed by atoms with E-state index in [4.69, 9.17) is 21.1 Å². The molecule has 2 heterocycles. The summed E-state index contributed by atoms with van der Waals surface area (Å²) in [6, 6.07) is 0.603. The van der Waals surface area contributed by atoms with Gasteiger partial charge in [-0.25, -0.2) is 0 Å². The summed E-state index contributed by atoms with van der Waals surface area (Å²) in [5.74, 6) is 0.536. The van der Waals surface area contributed by atoms with E-state index in [1.807, 2.05) is 11.9 Å². The number of hydrogen-bond donors (Lipinski definition) is 0. The largest absolute Gasteiger partial charge is 0.467 e. The summed E-state index contributed by atoms with van der Waals surface area (Å²) >= 11 is 5.82. The van der Waals surface area contributed by atoms with Crippen molar-refractivity contribution in [1.82, 2.24) is 15.0 Å². The number of anilines is 1. The van der Waals surface area contributed by atoms with Crippen molar-refractivity contribution in [3.8, 4) is 6.01 Å². The van der Waals surface area contributed by atoms with Crippen molar-refractivity contribution in [2.24, 2.45) is 0 Å². The van der Waals surface area contributed by atoms with Crippen LogP contribution >= 0.6 is 11.6 Å². The van der Waals surface area contributed by atoms with E-state index in [-0.39, 0.29) is 11.3 Å². The molecule has 0 saturated carbocycles. The van der Waals surface area contributed by atoms with Crippen molar-refractivity contribution < 1.29 is 9.47 Å². The Morgan fingerprint density at radius 3 is 2.65 bits per heavy atom. The summed E-state index contributed by atoms with van der Waals surface area (Å²) in [6.45, 7) is 1.54. The van der Waals surface area contributed by atoms with Gasteiger partial charge in [0.05, 0.1) is 7.11 Å². The normalized spacial score (nSPS) is 16.9. The fourth-order valence-corrected chi connectivity index (χ4v) is 1.95. The molecule has 2 rings (SSSR count). The SMILES string of the molecule is COc1nc(Cl)nc(N(C)C2CCOCC2)n1. The van der Waals surface area contributed by atoms with Crippen LogP contribution in [0.3, 0.4) is 0 Å². The first-order chi connectivity index (χ1) is 8.20. The van der Waals surface area contributed by atoms with Gasteiger partial charge in [0.25, 0.3) is 0 Å². The van der Waals surface area contributed by atoms with Crippen LogP contribution in [0.1, 0.15) is 12.8 Å². The van der Waals surface area contributed by atoms with Gasteiger partial charge in [-0.15, -0.1) is 0 Å². The van der Waals surface area contributed by atoms with Gasteiger partial charge in [-0.2, -0.15) is 15.0 Å². The maximum absolute atomic E-state index is 5.82. The number of methoxy groups -OCH3 is 1. The lowest BCUT2D eigenvalue weighted by atomic mass is 10.1. The minimum atomic E-state index is 0.144. The second-order valence-electron chi connectivity index (χ2n) is 3.85. The van der Waals surface area contributed by atoms with Gasteiger partial charge in [-0.05, 0) is 24.4 Å². The Morgan fingerprint density at radius 1 is 1.29 bits per heavy atom. The van der Waals surface area contributed by atoms with E-state index in [9.17, 15) is 0 Å². The van der Waals surface area contributed by atoms with Crippen molar-refractivity contribution >= 4 is 17.5 Å². The molecule has 17 heavy (non-hydrogen) atoms. The van der Waals surface area contributed by atoms with Crippen LogP contribution in [-0.2, 0) is 4.74 Å². The maximum Gasteiger partial charge on any atom is 0.322 e. The molecule has 1 aliphatic rings. The molecule has 0 aromatic carbocycles. The molecule has 7 heteroatoms. The average Bonchev–Trinajstić information content (AvgIpc) is 2.38. The third-order valence-corrected chi connectivity index (χ3v) is 2.98. The summed E-state index contributed by atoms with van der Waals surface area (Å²) in [7, 11) is 3.45. The Bertz CT molecular complexity index is 385. The Hall–Kier alpha value is -1.14. The number of halogens is 1. The molecule has 1 aliphatic heterocycles. The predicted octanol–water partition coefficient (Wildman–Crippen LogP) is 1.15. The molecule has 0 amide bonds. The van der Waals surface area contributed by atoms with E-state index >= 15 is 0 Å². The van der Waals surface area contributed by atoms with Crippen molar-refractivity contribution in [1.29, 1.82) is 0 Å². The van der Waals surface area contributed by atoms with Crippen molar-refractivity contribution in [2.45, 2.75) is 18.9 Å². The summed E-state index contributed by atoms with van der Waals surface area (Å²) in [5.41, 5.74) is 0. The van der Waals surface area contributed by atoms with Gasteiger partial charge in [0.1, 0.15) is 0 Å². The summed E-state index contributed by atoms with van der Waals surface area (Å²) in [4.78, 5) is 14.1. The van der Waals surface area contributed by atoms with Crippen LogP contribution in [0.15, 0.2) is 0 Å². The van der Waals surface area contributed by atoms with Crippen LogP contribution in [-0.4, -0.2) is 48.4 Å². The summed E-state index contributed by atoms with van der Waals surface area (Å²) < 4.78 is 10.3. The fraction of sp³-hybridized carbons (Fsp3) is 0.700. The molecule has 1 fully saturated rings. The van der Waals surface area contributed by atoms with E-state index < -0.39 is 0 Å². The van der Waals surface area contributed by atoms with Gasteiger partial charge < -0.3 is 14.4 Å². The third-order valence-electron chi connectivity index (χ3n) is 2.81. The van der Waals surface area contributed by atoms with Crippen LogP contribution in [0.5, 0.6) is 6.01 Å². The molecule has 0 N–H and O–H groups in total. The number of hydrogen-bond acceptors (Lipinski definition) is 6. The summed E-state index contributed by atoms with van der Waals surface area (Å²) in [5, 5.41) is 0.144. The summed E-state index contributed by atoms with van der Waals surface area (Å²) in [6.07, 6.45) is 1.92. The Morgan fingerprint density at radius 2 is 2.00 bits per heavy atom. The number of ether oxygens (including phenoxy) is 2. The molecule has 0 bridgehead atoms. The van der Waals surface area contributed by atoms with Gasteiger partial charge in [-0.1, -0.05) is 0 Å². The number of nitrogens with zero attached hydrogens (tertiary/aromatic N) is 4. The quantitative estimate of drug-likeness (QED) is 0.811. The Kier molecular flexibility index (Phi) is 3.96. The molecule has 0 unspecified atom stereocenters. The van der Waals surface area contributed by atoms with Crippen LogP contribution in [0.2, 0.25) is 5.28 Å². The standard InChI is InChI=1S/C10H15ClN4O2/c1-15(7-3-5-17-6-4-7)9-12-8(11)13-10(14-9)16-2/h7H,3-6H2,1-2H3. The zero-order valence-electron chi connectivity index (χ0n) is 9.89. The van der Waals surface area contributed by atoms with Crippen LogP contribution in [0, 0.1) is 0 Å². The molecule has 0 spiro atoms. The molecule has 6 nitrogen and oxygen atoms in total. The van der Waals surface area contributed by atoms with Crippen molar-refractivity contribution in [2.75, 3.05) is 32.3 Å². The van der Waals surface area contributed by atoms with E-state index in [1.165, 1.54) is 7.11 Å². The second-order valence-corrected chi connectivity index (χ2v) is 4.18. The van der Waals surface area contributed by atoms with Crippen LogP contribution in [0.4, 0.5) is 5.95 Å². The van der Waals surface area contributed by atoms with Gasteiger partial charge in [0, 0.05) is 26.3 Å². The highest BCUT2D eigenvalue weighted by atomic mass is 35.5. The zero-order chi connectivity index (χ0) is 12.3. The predicted molar refractivity (Wildman–Crippen MR) is 63.6 cm³/mol. The smallest absolute Gasteiger partial charge is 0.322 e. The minimum Gasteiger partial charge on any atom is -0.467 e. The monoisotopic (exact) mass is 258 g/mol. The van der Waals surface area contributed by atoms with Crippen LogP contribution in [0.25, 0.3) is 0 Å². The van der Waals surface area contributed by atoms with E-state index in [0.29, 0.717) is 12.0 Å². The van der Waals surface area contributed by atoms with Gasteiger partial charge >= 0.3 is 6.01 Å². The van der Waals surface area contributed by atoms with Gasteiger partial charge in [0.15, 0.2) is 0 Å². The molecule has 0 aliphatic carbocycles. The van der Waals surface area contributed by atoms with Crippen LogP contribution < -0.4 is 9.64 Å². The van der Waals surface area contributed by atoms with E-state index in [0.717, 1.165) is 26.1 Å². The molecule has 1 aromatic rings. The topological polar surface area (TPSA) is 60.4 Å². The first-order valence-corrected chi connectivity index (χ1v) is 5.84. The highest BCUT2D eigenvalue weighted by Gasteiger charge is 2.21. The first kappa shape index (κ1) is 12.3. The lowest BCUT2D eigenvalue weighted by Crippen LogP contribution is -2.37. The second kappa shape index (κ2) is 5.46. The highest BCUT2D eigenvalue weighted by molar-refractivity contribution is 6.28. The van der Waals surface area contributed by atoms with E-state index in [1.54, 1.807) is 0 Å². The van der Waals surface area contributed by atoms with Crippen molar-refractivity contribution in [3.05, 3.63) is 5.28 Å². The Balaban J connectivity index is 2.17. The molecule has 94 valence electrons. The highest BCUT2D eigenvalue weighted by Crippen LogP contribution is 2.20. The molecular weight excluding hydrogens is 244 g/mol. The average molecular weight is 259 g/mol. The fourth-order valence-electron chi connectivity index (χ4n) is 1.81. The van der Waals surface area contributed by atoms with Crippen molar-refractivity contribution in [3.63, 3.8) is 0 Å². The lowest BCUT2D eigenvalue weighted by Gasteiger charge is -2.31. The third kappa shape index (κ3) is 2.95. The zero-order valence-corrected chi connectivity index (χ0v) is 10.6. The number of rotatable bonds is 3. The van der Waals surface area contributed by atoms with Gasteiger partial charge in [-0.3, -0.25) is 0 Å². The minimum absolute atomic E-state index is 0.144. The molecule has 0 radical (unpaired) electrons. The molecule has 1 saturated heterocycles. The maximum atomic E-state index is 5.82. The molecule has 0 atom stereocenters. The Labute approximate surface area is 105 Å². The van der Waals surface area contributed by atoms with E-state index in [2.05, 4.69) is 15.0 Å². The van der Waals surface area contributed by atoms with Gasteiger partial charge in [0.2, 0.25) is 11.2 Å². The first-order valence-electron chi connectivity index (χ1n) is 5.47. The lowest BCUT2D eigenvalue weighted by molar-refractivity contribution is 0.0852. The molecule has 1 aromatic heterocycles. The number of aromatic nitrogens is 3. The molecular formula is C10H15ClN4O2.